The van der Waals surface area contributed by atoms with Crippen molar-refractivity contribution in [1.29, 1.82) is 0 Å². The van der Waals surface area contributed by atoms with E-state index in [-0.39, 0.29) is 30.1 Å². The number of hydrogen-bond donors (Lipinski definition) is 2. The quantitative estimate of drug-likeness (QED) is 0.783. The van der Waals surface area contributed by atoms with Crippen LogP contribution < -0.4 is 5.32 Å². The monoisotopic (exact) mass is 378 g/mol. The van der Waals surface area contributed by atoms with Crippen molar-refractivity contribution in [2.24, 2.45) is 0 Å². The fraction of sp³-hybridized carbons (Fsp3) is 0.722. The Balaban J connectivity index is 1.32. The zero-order chi connectivity index (χ0) is 19.3. The van der Waals surface area contributed by atoms with Gasteiger partial charge in [-0.15, -0.1) is 0 Å². The summed E-state index contributed by atoms with van der Waals surface area (Å²) in [5.41, 5.74) is 0.221. The van der Waals surface area contributed by atoms with Crippen LogP contribution in [0.25, 0.3) is 0 Å². The average Bonchev–Trinajstić information content (AvgIpc) is 3.10. The van der Waals surface area contributed by atoms with Gasteiger partial charge in [-0.2, -0.15) is 0 Å². The highest BCUT2D eigenvalue weighted by molar-refractivity contribution is 5.76. The zero-order valence-electron chi connectivity index (χ0n) is 15.8. The maximum Gasteiger partial charge on any atom is 0.407 e. The normalized spacial score (nSPS) is 30.3. The molecule has 3 heterocycles. The number of ether oxygens (including phenoxy) is 1. The van der Waals surface area contributed by atoms with Gasteiger partial charge < -0.3 is 19.5 Å². The number of hydroxylamine groups is 2. The van der Waals surface area contributed by atoms with E-state index in [2.05, 4.69) is 10.5 Å². The third kappa shape index (κ3) is 3.47. The van der Waals surface area contributed by atoms with Crippen molar-refractivity contribution in [3.05, 3.63) is 17.5 Å². The summed E-state index contributed by atoms with van der Waals surface area (Å²) in [5.74, 6) is 0.980. The lowest BCUT2D eigenvalue weighted by Crippen LogP contribution is -2.45. The van der Waals surface area contributed by atoms with Gasteiger partial charge in [-0.3, -0.25) is 5.21 Å². The molecule has 2 atom stereocenters. The van der Waals surface area contributed by atoms with Crippen LogP contribution in [0.4, 0.5) is 9.59 Å². The Morgan fingerprint density at radius 3 is 2.81 bits per heavy atom. The largest absolute Gasteiger partial charge is 0.444 e. The van der Waals surface area contributed by atoms with Gasteiger partial charge in [0.1, 0.15) is 17.1 Å². The fourth-order valence-corrected chi connectivity index (χ4v) is 4.05. The van der Waals surface area contributed by atoms with Gasteiger partial charge in [0.25, 0.3) is 0 Å². The van der Waals surface area contributed by atoms with Gasteiger partial charge in [0, 0.05) is 24.6 Å². The molecule has 2 saturated heterocycles. The molecule has 2 bridgehead atoms. The molecule has 3 fully saturated rings. The first-order chi connectivity index (χ1) is 12.7. The number of nitrogens with one attached hydrogen (secondary N) is 1. The first-order valence-corrected chi connectivity index (χ1v) is 9.46. The number of nitrogens with zero attached hydrogens (tertiary/aromatic N) is 3. The highest BCUT2D eigenvalue weighted by atomic mass is 16.6. The standard InChI is InChI=1S/C18H26N4O5/c1-18(2,3)26-16(23)19-11-6-10(7-11)15-8-13(20-27-15)14-5-4-12-9-21(14)17(24)22(12)25/h8,10-12,14,25H,4-7,9H2,1-3H3,(H,19,23)/t10?,11?,12-,14-/m0/s1. The van der Waals surface area contributed by atoms with Crippen LogP contribution in [-0.4, -0.2) is 56.7 Å². The van der Waals surface area contributed by atoms with E-state index in [1.165, 1.54) is 0 Å². The molecular weight excluding hydrogens is 352 g/mol. The first kappa shape index (κ1) is 18.1. The second-order valence-corrected chi connectivity index (χ2v) is 8.69. The average molecular weight is 378 g/mol. The van der Waals surface area contributed by atoms with Crippen molar-refractivity contribution in [3.8, 4) is 0 Å². The summed E-state index contributed by atoms with van der Waals surface area (Å²) in [7, 11) is 0. The second kappa shape index (κ2) is 6.40. The topological polar surface area (TPSA) is 108 Å². The van der Waals surface area contributed by atoms with Gasteiger partial charge >= 0.3 is 12.1 Å². The molecule has 0 aromatic carbocycles. The summed E-state index contributed by atoms with van der Waals surface area (Å²) < 4.78 is 10.8. The predicted octanol–water partition coefficient (Wildman–Crippen LogP) is 2.78. The summed E-state index contributed by atoms with van der Waals surface area (Å²) in [4.78, 5) is 25.6. The van der Waals surface area contributed by atoms with Crippen LogP contribution >= 0.6 is 0 Å². The third-order valence-electron chi connectivity index (χ3n) is 5.49. The van der Waals surface area contributed by atoms with Crippen molar-refractivity contribution in [2.45, 2.75) is 76.1 Å². The second-order valence-electron chi connectivity index (χ2n) is 8.69. The number of carbonyl (C=O) groups excluding carboxylic acids is 2. The SMILES string of the molecule is CC(C)(C)OC(=O)NC1CC(c2cc([C@@H]3CC[C@H]4CN3C(=O)N4O)no2)C1. The molecule has 0 spiro atoms. The molecule has 4 rings (SSSR count). The highest BCUT2D eigenvalue weighted by Crippen LogP contribution is 2.41. The molecule has 27 heavy (non-hydrogen) atoms. The van der Waals surface area contributed by atoms with E-state index in [4.69, 9.17) is 9.26 Å². The Morgan fingerprint density at radius 1 is 1.37 bits per heavy atom. The predicted molar refractivity (Wildman–Crippen MR) is 93.1 cm³/mol. The highest BCUT2D eigenvalue weighted by Gasteiger charge is 2.46. The molecule has 1 aromatic heterocycles. The van der Waals surface area contributed by atoms with Gasteiger partial charge in [-0.1, -0.05) is 5.16 Å². The van der Waals surface area contributed by atoms with E-state index in [0.717, 1.165) is 42.2 Å². The van der Waals surface area contributed by atoms with E-state index in [1.807, 2.05) is 26.8 Å². The molecule has 1 aromatic rings. The Hall–Kier alpha value is -2.29. The number of amides is 3. The number of urea groups is 1. The van der Waals surface area contributed by atoms with E-state index in [0.29, 0.717) is 6.54 Å². The molecule has 1 aliphatic carbocycles. The summed E-state index contributed by atoms with van der Waals surface area (Å²) >= 11 is 0. The van der Waals surface area contributed by atoms with Crippen LogP contribution in [-0.2, 0) is 4.74 Å². The van der Waals surface area contributed by atoms with Gasteiger partial charge in [0.15, 0.2) is 0 Å². The minimum atomic E-state index is -0.511. The minimum Gasteiger partial charge on any atom is -0.444 e. The molecule has 1 saturated carbocycles. The van der Waals surface area contributed by atoms with Crippen molar-refractivity contribution in [1.82, 2.24) is 20.4 Å². The molecule has 3 aliphatic rings. The van der Waals surface area contributed by atoms with Gasteiger partial charge in [-0.25, -0.2) is 14.7 Å². The Labute approximate surface area is 157 Å². The summed E-state index contributed by atoms with van der Waals surface area (Å²) in [6.45, 7) is 6.02. The van der Waals surface area contributed by atoms with Gasteiger partial charge in [-0.05, 0) is 46.5 Å². The molecule has 9 heteroatoms. The summed E-state index contributed by atoms with van der Waals surface area (Å²) in [5, 5.41) is 17.7. The number of aromatic nitrogens is 1. The first-order valence-electron chi connectivity index (χ1n) is 9.46. The number of piperidine rings is 1. The Morgan fingerprint density at radius 2 is 2.11 bits per heavy atom. The van der Waals surface area contributed by atoms with E-state index in [9.17, 15) is 14.8 Å². The van der Waals surface area contributed by atoms with Crippen LogP contribution in [0.5, 0.6) is 0 Å². The van der Waals surface area contributed by atoms with Crippen LogP contribution in [0.1, 0.15) is 69.9 Å². The number of alkyl carbamates (subject to hydrolysis) is 1. The van der Waals surface area contributed by atoms with Crippen LogP contribution in [0.15, 0.2) is 10.6 Å². The maximum atomic E-state index is 12.1. The number of fused-ring (bicyclic) bond motifs is 2. The lowest BCUT2D eigenvalue weighted by atomic mass is 9.78. The van der Waals surface area contributed by atoms with Crippen molar-refractivity contribution >= 4 is 12.1 Å². The summed E-state index contributed by atoms with van der Waals surface area (Å²) in [6.07, 6.45) is 2.65. The molecule has 3 amide bonds. The third-order valence-corrected chi connectivity index (χ3v) is 5.49. The Bertz CT molecular complexity index is 736. The molecular formula is C18H26N4O5. The number of carbonyl (C=O) groups is 2. The lowest BCUT2D eigenvalue weighted by molar-refractivity contribution is -0.0584. The lowest BCUT2D eigenvalue weighted by Gasteiger charge is -2.34. The van der Waals surface area contributed by atoms with E-state index in [1.54, 1.807) is 4.90 Å². The van der Waals surface area contributed by atoms with Crippen molar-refractivity contribution in [3.63, 3.8) is 0 Å². The fourth-order valence-electron chi connectivity index (χ4n) is 4.05. The number of rotatable bonds is 3. The minimum absolute atomic E-state index is 0.0666. The molecule has 2 aliphatic heterocycles. The van der Waals surface area contributed by atoms with E-state index < -0.39 is 11.7 Å². The zero-order valence-corrected chi connectivity index (χ0v) is 15.8. The van der Waals surface area contributed by atoms with Crippen LogP contribution in [0, 0.1) is 0 Å². The summed E-state index contributed by atoms with van der Waals surface area (Å²) in [6, 6.07) is 1.34. The molecule has 2 N–H and O–H groups in total. The smallest absolute Gasteiger partial charge is 0.407 e. The Kier molecular flexibility index (Phi) is 4.29. The molecule has 0 radical (unpaired) electrons. The van der Waals surface area contributed by atoms with Crippen LogP contribution in [0.2, 0.25) is 0 Å². The molecule has 0 unspecified atom stereocenters. The van der Waals surface area contributed by atoms with Crippen LogP contribution in [0.3, 0.4) is 0 Å². The van der Waals surface area contributed by atoms with Crippen molar-refractivity contribution < 1.29 is 24.1 Å². The molecule has 148 valence electrons. The van der Waals surface area contributed by atoms with Crippen molar-refractivity contribution in [2.75, 3.05) is 6.54 Å². The number of hydrogen-bond acceptors (Lipinski definition) is 6. The molecule has 9 nitrogen and oxygen atoms in total. The van der Waals surface area contributed by atoms with Gasteiger partial charge in [0.05, 0.1) is 12.1 Å². The maximum absolute atomic E-state index is 12.1. The van der Waals surface area contributed by atoms with Gasteiger partial charge in [0.2, 0.25) is 0 Å². The van der Waals surface area contributed by atoms with E-state index >= 15 is 0 Å².